The quantitative estimate of drug-likeness (QED) is 0.616. The summed E-state index contributed by atoms with van der Waals surface area (Å²) in [5, 5.41) is 5.68. The number of piperazine rings is 1. The van der Waals surface area contributed by atoms with E-state index in [4.69, 9.17) is 9.47 Å². The smallest absolute Gasteiger partial charge is 0.309 e. The predicted octanol–water partition coefficient (Wildman–Crippen LogP) is 2.59. The number of rotatable bonds is 6. The number of nitrogens with zero attached hydrogens (tertiary/aromatic N) is 2. The van der Waals surface area contributed by atoms with Crippen LogP contribution in [0.5, 0.6) is 11.5 Å². The molecule has 2 aromatic carbocycles. The van der Waals surface area contributed by atoms with Gasteiger partial charge in [0.1, 0.15) is 5.82 Å². The number of amides is 2. The number of anilines is 1. The first-order chi connectivity index (χ1) is 17.1. The van der Waals surface area contributed by atoms with Crippen LogP contribution in [0.25, 0.3) is 0 Å². The maximum atomic E-state index is 14.3. The Morgan fingerprint density at radius 3 is 2.49 bits per heavy atom. The zero-order valence-corrected chi connectivity index (χ0v) is 19.7. The van der Waals surface area contributed by atoms with Crippen LogP contribution in [0.3, 0.4) is 0 Å². The zero-order valence-electron chi connectivity index (χ0n) is 19.7. The second kappa shape index (κ2) is 10.5. The number of para-hydroxylation sites is 1. The molecule has 0 unspecified atom stereocenters. The number of hydrogen-bond donors (Lipinski definition) is 2. The van der Waals surface area contributed by atoms with Crippen molar-refractivity contribution < 1.29 is 23.5 Å². The molecular formula is C26H31FN4O4. The molecule has 186 valence electrons. The van der Waals surface area contributed by atoms with E-state index in [9.17, 15) is 14.0 Å². The maximum Gasteiger partial charge on any atom is 0.309 e. The minimum Gasteiger partial charge on any atom is -0.454 e. The van der Waals surface area contributed by atoms with Gasteiger partial charge in [-0.3, -0.25) is 14.5 Å². The van der Waals surface area contributed by atoms with E-state index in [1.165, 1.54) is 6.07 Å². The Labute approximate surface area is 204 Å². The van der Waals surface area contributed by atoms with Crippen molar-refractivity contribution in [3.05, 3.63) is 53.8 Å². The van der Waals surface area contributed by atoms with Gasteiger partial charge in [-0.1, -0.05) is 31.0 Å². The number of carbonyl (C=O) groups is 2. The second-order valence-corrected chi connectivity index (χ2v) is 9.27. The Hall–Kier alpha value is -3.33. The number of carbonyl (C=O) groups excluding carboxylic acids is 2. The molecule has 8 nitrogen and oxygen atoms in total. The summed E-state index contributed by atoms with van der Waals surface area (Å²) in [7, 11) is 0. The first-order valence-electron chi connectivity index (χ1n) is 12.3. The van der Waals surface area contributed by atoms with Crippen molar-refractivity contribution in [2.24, 2.45) is 0 Å². The van der Waals surface area contributed by atoms with Gasteiger partial charge in [-0.05, 0) is 42.7 Å². The highest BCUT2D eigenvalue weighted by molar-refractivity contribution is 6.35. The average Bonchev–Trinajstić information content (AvgIpc) is 3.56. The highest BCUT2D eigenvalue weighted by Gasteiger charge is 2.29. The van der Waals surface area contributed by atoms with E-state index in [-0.39, 0.29) is 31.2 Å². The Bertz CT molecular complexity index is 1070. The topological polar surface area (TPSA) is 83.1 Å². The first-order valence-corrected chi connectivity index (χ1v) is 12.3. The molecular weight excluding hydrogens is 451 g/mol. The van der Waals surface area contributed by atoms with Crippen LogP contribution in [-0.2, 0) is 9.59 Å². The molecule has 2 heterocycles. The molecule has 2 fully saturated rings. The van der Waals surface area contributed by atoms with Gasteiger partial charge in [0.05, 0.1) is 11.7 Å². The van der Waals surface area contributed by atoms with Gasteiger partial charge >= 0.3 is 11.8 Å². The molecule has 0 aromatic heterocycles. The number of fused-ring (bicyclic) bond motifs is 1. The van der Waals surface area contributed by atoms with E-state index in [1.54, 1.807) is 12.1 Å². The van der Waals surface area contributed by atoms with Crippen LogP contribution < -0.4 is 25.0 Å². The normalized spacial score (nSPS) is 18.9. The number of benzene rings is 2. The van der Waals surface area contributed by atoms with Crippen LogP contribution in [0, 0.1) is 5.82 Å². The molecule has 2 N–H and O–H groups in total. The number of hydrogen-bond acceptors (Lipinski definition) is 6. The van der Waals surface area contributed by atoms with E-state index in [0.29, 0.717) is 43.4 Å². The summed E-state index contributed by atoms with van der Waals surface area (Å²) >= 11 is 0. The first kappa shape index (κ1) is 23.4. The molecule has 1 aliphatic carbocycles. The largest absolute Gasteiger partial charge is 0.454 e. The summed E-state index contributed by atoms with van der Waals surface area (Å²) in [6, 6.07) is 12.5. The predicted molar refractivity (Wildman–Crippen MR) is 129 cm³/mol. The van der Waals surface area contributed by atoms with Crippen molar-refractivity contribution in [2.45, 2.75) is 37.8 Å². The van der Waals surface area contributed by atoms with E-state index in [1.807, 2.05) is 29.2 Å². The van der Waals surface area contributed by atoms with Gasteiger partial charge in [-0.15, -0.1) is 0 Å². The Balaban J connectivity index is 1.27. The lowest BCUT2D eigenvalue weighted by Crippen LogP contribution is -2.51. The molecule has 0 bridgehead atoms. The fourth-order valence-electron chi connectivity index (χ4n) is 5.15. The standard InChI is InChI=1S/C26H31FN4O4/c27-20-7-3-4-8-21(20)30-11-13-31(14-12-30)22(18-9-10-23-24(15-18)35-17-34-23)16-28-25(32)26(33)29-19-5-1-2-6-19/h3-4,7-10,15,19,22H,1-2,5-6,11-14,16-17H2,(H,28,32)(H,29,33)/t22-/m0/s1. The Kier molecular flexibility index (Phi) is 7.03. The van der Waals surface area contributed by atoms with E-state index in [0.717, 1.165) is 31.2 Å². The number of ether oxygens (including phenoxy) is 2. The Morgan fingerprint density at radius 2 is 1.71 bits per heavy atom. The molecule has 2 aromatic rings. The van der Waals surface area contributed by atoms with Gasteiger partial charge in [-0.2, -0.15) is 0 Å². The molecule has 0 radical (unpaired) electrons. The molecule has 0 spiro atoms. The molecule has 2 amide bonds. The molecule has 35 heavy (non-hydrogen) atoms. The van der Waals surface area contributed by atoms with Gasteiger partial charge < -0.3 is 25.0 Å². The van der Waals surface area contributed by atoms with Crippen LogP contribution >= 0.6 is 0 Å². The van der Waals surface area contributed by atoms with Crippen LogP contribution in [0.15, 0.2) is 42.5 Å². The minimum absolute atomic E-state index is 0.0874. The van der Waals surface area contributed by atoms with Gasteiger partial charge in [0, 0.05) is 38.8 Å². The average molecular weight is 483 g/mol. The summed E-state index contributed by atoms with van der Waals surface area (Å²) in [4.78, 5) is 29.3. The van der Waals surface area contributed by atoms with E-state index < -0.39 is 11.8 Å². The molecule has 2 aliphatic heterocycles. The minimum atomic E-state index is -0.618. The van der Waals surface area contributed by atoms with Crippen molar-refractivity contribution in [3.63, 3.8) is 0 Å². The van der Waals surface area contributed by atoms with E-state index >= 15 is 0 Å². The fraction of sp³-hybridized carbons (Fsp3) is 0.462. The van der Waals surface area contributed by atoms with Crippen LogP contribution in [0.2, 0.25) is 0 Å². The fourth-order valence-corrected chi connectivity index (χ4v) is 5.15. The third kappa shape index (κ3) is 5.35. The van der Waals surface area contributed by atoms with Crippen molar-refractivity contribution in [2.75, 3.05) is 44.4 Å². The molecule has 1 atom stereocenters. The lowest BCUT2D eigenvalue weighted by Gasteiger charge is -2.40. The monoisotopic (exact) mass is 482 g/mol. The van der Waals surface area contributed by atoms with Gasteiger partial charge in [0.15, 0.2) is 11.5 Å². The van der Waals surface area contributed by atoms with Crippen molar-refractivity contribution in [3.8, 4) is 11.5 Å². The van der Waals surface area contributed by atoms with Crippen molar-refractivity contribution in [1.82, 2.24) is 15.5 Å². The third-order valence-corrected chi connectivity index (χ3v) is 7.08. The van der Waals surface area contributed by atoms with Gasteiger partial charge in [-0.25, -0.2) is 4.39 Å². The summed E-state index contributed by atoms with van der Waals surface area (Å²) in [5.74, 6) is -0.0631. The van der Waals surface area contributed by atoms with Crippen LogP contribution in [0.1, 0.15) is 37.3 Å². The highest BCUT2D eigenvalue weighted by atomic mass is 19.1. The summed E-state index contributed by atoms with van der Waals surface area (Å²) in [5.41, 5.74) is 1.56. The molecule has 1 saturated heterocycles. The molecule has 1 saturated carbocycles. The number of halogens is 1. The molecule has 5 rings (SSSR count). The van der Waals surface area contributed by atoms with Crippen LogP contribution in [0.4, 0.5) is 10.1 Å². The lowest BCUT2D eigenvalue weighted by atomic mass is 10.0. The zero-order chi connectivity index (χ0) is 24.2. The second-order valence-electron chi connectivity index (χ2n) is 9.27. The van der Waals surface area contributed by atoms with Crippen LogP contribution in [-0.4, -0.2) is 62.3 Å². The maximum absolute atomic E-state index is 14.3. The van der Waals surface area contributed by atoms with Crippen molar-refractivity contribution >= 4 is 17.5 Å². The van der Waals surface area contributed by atoms with Gasteiger partial charge in [0.2, 0.25) is 6.79 Å². The molecule has 3 aliphatic rings. The van der Waals surface area contributed by atoms with Crippen molar-refractivity contribution in [1.29, 1.82) is 0 Å². The number of nitrogens with one attached hydrogen (secondary N) is 2. The summed E-state index contributed by atoms with van der Waals surface area (Å²) in [6.45, 7) is 3.12. The summed E-state index contributed by atoms with van der Waals surface area (Å²) in [6.07, 6.45) is 4.01. The molecule has 9 heteroatoms. The summed E-state index contributed by atoms with van der Waals surface area (Å²) < 4.78 is 25.3. The van der Waals surface area contributed by atoms with E-state index in [2.05, 4.69) is 15.5 Å². The Morgan fingerprint density at radius 1 is 0.971 bits per heavy atom. The highest BCUT2D eigenvalue weighted by Crippen LogP contribution is 2.36. The lowest BCUT2D eigenvalue weighted by molar-refractivity contribution is -0.139. The van der Waals surface area contributed by atoms with Gasteiger partial charge in [0.25, 0.3) is 0 Å². The third-order valence-electron chi connectivity index (χ3n) is 7.08. The SMILES string of the molecule is O=C(NC[C@@H](c1ccc2c(c1)OCO2)N1CCN(c2ccccc2F)CC1)C(=O)NC1CCCC1.